The predicted octanol–water partition coefficient (Wildman–Crippen LogP) is 3.09. The van der Waals surface area contributed by atoms with Crippen LogP contribution in [0.3, 0.4) is 0 Å². The number of rotatable bonds is 6. The summed E-state index contributed by atoms with van der Waals surface area (Å²) in [5.74, 6) is 0.951. The maximum absolute atomic E-state index is 12.3. The molecule has 1 fully saturated rings. The highest BCUT2D eigenvalue weighted by Gasteiger charge is 2.28. The van der Waals surface area contributed by atoms with Crippen LogP contribution in [0.15, 0.2) is 16.9 Å². The second-order valence-electron chi connectivity index (χ2n) is 6.81. The number of carbonyl (C=O) groups excluding carboxylic acids is 1. The number of likely N-dealkylation sites (tertiary alicyclic amines) is 1. The first-order valence-electron chi connectivity index (χ1n) is 8.39. The highest BCUT2D eigenvalue weighted by Crippen LogP contribution is 2.25. The first-order valence-corrected chi connectivity index (χ1v) is 8.39. The summed E-state index contributed by atoms with van der Waals surface area (Å²) in [6.07, 6.45) is 5.31. The Kier molecular flexibility index (Phi) is 6.00. The molecule has 2 heterocycles. The summed E-state index contributed by atoms with van der Waals surface area (Å²) in [4.78, 5) is 16.7. The fraction of sp³-hybridized carbons (Fsp3) is 0.765. The molecule has 2 rings (SSSR count). The van der Waals surface area contributed by atoms with Gasteiger partial charge in [0.2, 0.25) is 5.91 Å². The van der Waals surface area contributed by atoms with Crippen LogP contribution in [0.25, 0.3) is 0 Å². The van der Waals surface area contributed by atoms with Gasteiger partial charge in [-0.3, -0.25) is 9.69 Å². The molecule has 0 N–H and O–H groups in total. The fourth-order valence-corrected chi connectivity index (χ4v) is 3.04. The summed E-state index contributed by atoms with van der Waals surface area (Å²) in [7, 11) is 2.12. The van der Waals surface area contributed by atoms with Crippen molar-refractivity contribution in [2.24, 2.45) is 5.92 Å². The van der Waals surface area contributed by atoms with E-state index in [2.05, 4.69) is 42.8 Å². The van der Waals surface area contributed by atoms with Crippen LogP contribution in [0, 0.1) is 5.92 Å². The Morgan fingerprint density at radius 3 is 2.82 bits per heavy atom. The topological polar surface area (TPSA) is 49.6 Å². The van der Waals surface area contributed by atoms with E-state index in [4.69, 9.17) is 4.52 Å². The van der Waals surface area contributed by atoms with Crippen molar-refractivity contribution in [3.63, 3.8) is 0 Å². The van der Waals surface area contributed by atoms with Crippen LogP contribution in [-0.4, -0.2) is 47.0 Å². The van der Waals surface area contributed by atoms with Crippen LogP contribution in [0.2, 0.25) is 0 Å². The van der Waals surface area contributed by atoms with Crippen molar-refractivity contribution < 1.29 is 9.32 Å². The van der Waals surface area contributed by atoms with E-state index in [0.717, 1.165) is 38.0 Å². The van der Waals surface area contributed by atoms with Gasteiger partial charge >= 0.3 is 0 Å². The number of hydrogen-bond acceptors (Lipinski definition) is 4. The van der Waals surface area contributed by atoms with Gasteiger partial charge in [0, 0.05) is 31.6 Å². The maximum atomic E-state index is 12.3. The van der Waals surface area contributed by atoms with E-state index in [-0.39, 0.29) is 6.04 Å². The summed E-state index contributed by atoms with van der Waals surface area (Å²) >= 11 is 0. The van der Waals surface area contributed by atoms with Gasteiger partial charge in [0.15, 0.2) is 0 Å². The van der Waals surface area contributed by atoms with E-state index in [9.17, 15) is 4.79 Å². The Balaban J connectivity index is 1.92. The fourth-order valence-electron chi connectivity index (χ4n) is 3.04. The van der Waals surface area contributed by atoms with Crippen molar-refractivity contribution >= 4 is 5.91 Å². The van der Waals surface area contributed by atoms with Crippen molar-refractivity contribution in [2.75, 3.05) is 20.1 Å². The molecule has 0 bridgehead atoms. The van der Waals surface area contributed by atoms with Gasteiger partial charge in [-0.2, -0.15) is 0 Å². The largest absolute Gasteiger partial charge is 0.364 e. The van der Waals surface area contributed by atoms with Crippen LogP contribution in [-0.2, 0) is 4.79 Å². The van der Waals surface area contributed by atoms with Crippen LogP contribution in [0.1, 0.15) is 58.2 Å². The summed E-state index contributed by atoms with van der Waals surface area (Å²) in [6, 6.07) is 2.54. The first kappa shape index (κ1) is 17.0. The third-order valence-corrected chi connectivity index (χ3v) is 4.83. The summed E-state index contributed by atoms with van der Waals surface area (Å²) in [5, 5.41) is 4.04. The van der Waals surface area contributed by atoms with E-state index in [1.54, 1.807) is 6.26 Å². The average molecular weight is 307 g/mol. The van der Waals surface area contributed by atoms with Gasteiger partial charge in [-0.25, -0.2) is 0 Å². The quantitative estimate of drug-likeness (QED) is 0.810. The molecule has 22 heavy (non-hydrogen) atoms. The molecule has 0 radical (unpaired) electrons. The normalized spacial score (nSPS) is 21.5. The molecule has 1 aromatic rings. The average Bonchev–Trinajstić information content (AvgIpc) is 2.95. The summed E-state index contributed by atoms with van der Waals surface area (Å²) < 4.78 is 4.95. The highest BCUT2D eigenvalue weighted by atomic mass is 16.5. The van der Waals surface area contributed by atoms with Gasteiger partial charge in [-0.05, 0) is 39.2 Å². The van der Waals surface area contributed by atoms with Gasteiger partial charge < -0.3 is 9.42 Å². The summed E-state index contributed by atoms with van der Waals surface area (Å²) in [6.45, 7) is 8.32. The van der Waals surface area contributed by atoms with Gasteiger partial charge in [0.05, 0.1) is 6.04 Å². The third-order valence-electron chi connectivity index (χ3n) is 4.83. The zero-order chi connectivity index (χ0) is 16.1. The van der Waals surface area contributed by atoms with Crippen molar-refractivity contribution in [3.05, 3.63) is 18.0 Å². The monoisotopic (exact) mass is 307 g/mol. The van der Waals surface area contributed by atoms with E-state index in [1.165, 1.54) is 0 Å². The number of aromatic nitrogens is 1. The lowest BCUT2D eigenvalue weighted by Gasteiger charge is -2.31. The van der Waals surface area contributed by atoms with Gasteiger partial charge in [-0.15, -0.1) is 0 Å². The minimum atomic E-state index is 0.209. The number of nitrogens with zero attached hydrogens (tertiary/aromatic N) is 3. The lowest BCUT2D eigenvalue weighted by atomic mass is 10.0. The lowest BCUT2D eigenvalue weighted by molar-refractivity contribution is -0.130. The molecule has 2 atom stereocenters. The number of amides is 1. The highest BCUT2D eigenvalue weighted by molar-refractivity contribution is 5.76. The zero-order valence-corrected chi connectivity index (χ0v) is 14.3. The Morgan fingerprint density at radius 2 is 2.18 bits per heavy atom. The SMILES string of the molecule is CC(C)CCN1CCC(N(C)C(C)c2ccon2)CCC1=O. The van der Waals surface area contributed by atoms with Crippen LogP contribution >= 0.6 is 0 Å². The second kappa shape index (κ2) is 7.77. The molecule has 124 valence electrons. The van der Waals surface area contributed by atoms with Crippen molar-refractivity contribution in [1.82, 2.24) is 15.0 Å². The van der Waals surface area contributed by atoms with Crippen molar-refractivity contribution in [1.29, 1.82) is 0 Å². The molecular weight excluding hydrogens is 278 g/mol. The minimum absolute atomic E-state index is 0.209. The lowest BCUT2D eigenvalue weighted by Crippen LogP contribution is -2.35. The van der Waals surface area contributed by atoms with Crippen molar-refractivity contribution in [2.45, 2.75) is 58.5 Å². The molecule has 1 aromatic heterocycles. The molecule has 0 spiro atoms. The predicted molar refractivity (Wildman–Crippen MR) is 86.4 cm³/mol. The molecule has 1 saturated heterocycles. The number of hydrogen-bond donors (Lipinski definition) is 0. The standard InChI is InChI=1S/C17H29N3O2/c1-13(2)7-10-20-11-8-15(5-6-17(20)21)19(4)14(3)16-9-12-22-18-16/h9,12-15H,5-8,10-11H2,1-4H3. The second-order valence-corrected chi connectivity index (χ2v) is 6.81. The Bertz CT molecular complexity index is 458. The molecular formula is C17H29N3O2. The molecule has 0 saturated carbocycles. The molecule has 5 nitrogen and oxygen atoms in total. The first-order chi connectivity index (χ1) is 10.5. The van der Waals surface area contributed by atoms with E-state index in [1.807, 2.05) is 6.07 Å². The molecule has 2 unspecified atom stereocenters. The molecule has 1 aliphatic rings. The maximum Gasteiger partial charge on any atom is 0.222 e. The number of carbonyl (C=O) groups is 1. The van der Waals surface area contributed by atoms with Crippen LogP contribution in [0.4, 0.5) is 0 Å². The minimum Gasteiger partial charge on any atom is -0.364 e. The van der Waals surface area contributed by atoms with Crippen LogP contribution < -0.4 is 0 Å². The Hall–Kier alpha value is -1.36. The molecule has 1 aliphatic heterocycles. The molecule has 1 amide bonds. The third kappa shape index (κ3) is 4.32. The van der Waals surface area contributed by atoms with E-state index >= 15 is 0 Å². The van der Waals surface area contributed by atoms with Crippen LogP contribution in [0.5, 0.6) is 0 Å². The molecule has 0 aliphatic carbocycles. The Morgan fingerprint density at radius 1 is 1.41 bits per heavy atom. The summed E-state index contributed by atoms with van der Waals surface area (Å²) in [5.41, 5.74) is 0.953. The molecule has 0 aromatic carbocycles. The zero-order valence-electron chi connectivity index (χ0n) is 14.3. The van der Waals surface area contributed by atoms with Gasteiger partial charge in [-0.1, -0.05) is 19.0 Å². The Labute approximate surface area is 133 Å². The van der Waals surface area contributed by atoms with E-state index < -0.39 is 0 Å². The van der Waals surface area contributed by atoms with Gasteiger partial charge in [0.25, 0.3) is 0 Å². The molecule has 5 heteroatoms. The van der Waals surface area contributed by atoms with Crippen molar-refractivity contribution in [3.8, 4) is 0 Å². The smallest absolute Gasteiger partial charge is 0.222 e. The van der Waals surface area contributed by atoms with E-state index in [0.29, 0.717) is 24.3 Å². The van der Waals surface area contributed by atoms with Gasteiger partial charge in [0.1, 0.15) is 12.0 Å².